The highest BCUT2D eigenvalue weighted by Gasteiger charge is 1.95. The number of carboxylic acid groups (broad SMARTS) is 1. The van der Waals surface area contributed by atoms with Crippen molar-refractivity contribution >= 4 is 11.9 Å². The number of hydrogen-bond acceptors (Lipinski definition) is 7. The fraction of sp³-hybridized carbons (Fsp3) is 0.875. The van der Waals surface area contributed by atoms with Crippen LogP contribution in [0.5, 0.6) is 0 Å². The SMILES string of the molecule is CCOCCOCCCC(=O)O.CCOCCOCCOC(C)=O. The standard InChI is InChI=1S/2C8H16O4/c1-3-10-4-5-11-6-7-12-8(2)9;1-2-11-6-7-12-5-3-4-8(9)10/h3-7H2,1-2H3;2-7H2,1H3,(H,9,10). The summed E-state index contributed by atoms with van der Waals surface area (Å²) in [6, 6.07) is 0. The van der Waals surface area contributed by atoms with Crippen molar-refractivity contribution in [3.63, 3.8) is 0 Å². The summed E-state index contributed by atoms with van der Waals surface area (Å²) in [7, 11) is 0. The van der Waals surface area contributed by atoms with Crippen LogP contribution in [0.25, 0.3) is 0 Å². The van der Waals surface area contributed by atoms with Crippen molar-refractivity contribution in [3.05, 3.63) is 0 Å². The van der Waals surface area contributed by atoms with Crippen LogP contribution in [0.2, 0.25) is 0 Å². The van der Waals surface area contributed by atoms with Gasteiger partial charge in [-0.15, -0.1) is 0 Å². The summed E-state index contributed by atoms with van der Waals surface area (Å²) < 4.78 is 24.9. The van der Waals surface area contributed by atoms with E-state index in [0.29, 0.717) is 65.9 Å². The molecule has 0 saturated carbocycles. The fourth-order valence-corrected chi connectivity index (χ4v) is 1.30. The van der Waals surface area contributed by atoms with Crippen molar-refractivity contribution < 1.29 is 38.4 Å². The predicted molar refractivity (Wildman–Crippen MR) is 88.1 cm³/mol. The zero-order chi connectivity index (χ0) is 18.5. The second kappa shape index (κ2) is 21.8. The third kappa shape index (κ3) is 28.9. The molecule has 0 unspecified atom stereocenters. The van der Waals surface area contributed by atoms with E-state index in [4.69, 9.17) is 24.1 Å². The Balaban J connectivity index is 0. The van der Waals surface area contributed by atoms with Gasteiger partial charge in [-0.05, 0) is 20.3 Å². The molecule has 0 heterocycles. The molecule has 0 aromatic carbocycles. The first-order valence-electron chi connectivity index (χ1n) is 8.20. The summed E-state index contributed by atoms with van der Waals surface area (Å²) in [5.74, 6) is -1.05. The third-order valence-corrected chi connectivity index (χ3v) is 2.36. The molecule has 1 N–H and O–H groups in total. The maximum atomic E-state index is 10.3. The topological polar surface area (TPSA) is 101 Å². The Kier molecular flexibility index (Phi) is 22.7. The molecule has 0 saturated heterocycles. The number of carbonyl (C=O) groups is 2. The van der Waals surface area contributed by atoms with Crippen LogP contribution in [-0.2, 0) is 33.3 Å². The van der Waals surface area contributed by atoms with Gasteiger partial charge in [0, 0.05) is 33.2 Å². The molecule has 0 radical (unpaired) electrons. The lowest BCUT2D eigenvalue weighted by atomic mass is 10.3. The van der Waals surface area contributed by atoms with Gasteiger partial charge in [-0.1, -0.05) is 0 Å². The third-order valence-electron chi connectivity index (χ3n) is 2.36. The quantitative estimate of drug-likeness (QED) is 0.350. The first kappa shape index (κ1) is 25.0. The van der Waals surface area contributed by atoms with Gasteiger partial charge in [-0.2, -0.15) is 0 Å². The van der Waals surface area contributed by atoms with Crippen molar-refractivity contribution in [3.8, 4) is 0 Å². The second-order valence-electron chi connectivity index (χ2n) is 4.46. The molecule has 0 bridgehead atoms. The number of rotatable bonds is 15. The number of hydrogen-bond donors (Lipinski definition) is 1. The minimum Gasteiger partial charge on any atom is -0.481 e. The molecular weight excluding hydrogens is 320 g/mol. The van der Waals surface area contributed by atoms with Crippen molar-refractivity contribution in [2.75, 3.05) is 59.5 Å². The molecule has 0 spiro atoms. The van der Waals surface area contributed by atoms with E-state index >= 15 is 0 Å². The monoisotopic (exact) mass is 352 g/mol. The van der Waals surface area contributed by atoms with E-state index in [1.165, 1.54) is 6.92 Å². The van der Waals surface area contributed by atoms with Crippen LogP contribution >= 0.6 is 0 Å². The molecule has 0 rings (SSSR count). The van der Waals surface area contributed by atoms with Gasteiger partial charge in [0.2, 0.25) is 0 Å². The average molecular weight is 352 g/mol. The first-order valence-corrected chi connectivity index (χ1v) is 8.20. The molecule has 0 fully saturated rings. The number of carbonyl (C=O) groups excluding carboxylic acids is 1. The Bertz CT molecular complexity index is 255. The highest BCUT2D eigenvalue weighted by atomic mass is 16.6. The van der Waals surface area contributed by atoms with Crippen LogP contribution in [0.15, 0.2) is 0 Å². The Morgan fingerprint density at radius 2 is 1.21 bits per heavy atom. The fourth-order valence-electron chi connectivity index (χ4n) is 1.30. The van der Waals surface area contributed by atoms with Crippen LogP contribution in [0.3, 0.4) is 0 Å². The summed E-state index contributed by atoms with van der Waals surface area (Å²) in [5, 5.41) is 8.27. The lowest BCUT2D eigenvalue weighted by Gasteiger charge is -2.03. The minimum absolute atomic E-state index is 0.175. The molecule has 144 valence electrons. The molecule has 0 atom stereocenters. The molecule has 0 aliphatic carbocycles. The molecular formula is C16H32O8. The van der Waals surface area contributed by atoms with Gasteiger partial charge in [0.1, 0.15) is 6.61 Å². The van der Waals surface area contributed by atoms with Gasteiger partial charge in [0.05, 0.1) is 33.0 Å². The van der Waals surface area contributed by atoms with Crippen LogP contribution in [-0.4, -0.2) is 76.5 Å². The number of aliphatic carboxylic acids is 1. The van der Waals surface area contributed by atoms with Gasteiger partial charge in [0.15, 0.2) is 0 Å². The van der Waals surface area contributed by atoms with Crippen molar-refractivity contribution in [2.45, 2.75) is 33.6 Å². The second-order valence-corrected chi connectivity index (χ2v) is 4.46. The molecule has 0 aromatic rings. The Morgan fingerprint density at radius 3 is 1.67 bits per heavy atom. The van der Waals surface area contributed by atoms with E-state index in [9.17, 15) is 9.59 Å². The lowest BCUT2D eigenvalue weighted by Crippen LogP contribution is -2.10. The highest BCUT2D eigenvalue weighted by Crippen LogP contribution is 1.89. The van der Waals surface area contributed by atoms with Crippen LogP contribution in [0.4, 0.5) is 0 Å². The summed E-state index contributed by atoms with van der Waals surface area (Å²) in [6.07, 6.45) is 0.746. The molecule has 0 amide bonds. The Morgan fingerprint density at radius 1 is 0.750 bits per heavy atom. The lowest BCUT2D eigenvalue weighted by molar-refractivity contribution is -0.142. The average Bonchev–Trinajstić information content (AvgIpc) is 2.53. The summed E-state index contributed by atoms with van der Waals surface area (Å²) in [6.45, 7) is 10.2. The number of carboxylic acids is 1. The molecule has 0 aliphatic heterocycles. The first-order chi connectivity index (χ1) is 11.5. The maximum Gasteiger partial charge on any atom is 0.303 e. The van der Waals surface area contributed by atoms with Crippen LogP contribution in [0.1, 0.15) is 33.6 Å². The largest absolute Gasteiger partial charge is 0.481 e. The van der Waals surface area contributed by atoms with Gasteiger partial charge < -0.3 is 28.8 Å². The molecule has 0 aliphatic rings. The van der Waals surface area contributed by atoms with Crippen molar-refractivity contribution in [2.24, 2.45) is 0 Å². The molecule has 24 heavy (non-hydrogen) atoms. The van der Waals surface area contributed by atoms with Gasteiger partial charge in [-0.3, -0.25) is 9.59 Å². The van der Waals surface area contributed by atoms with E-state index in [1.807, 2.05) is 13.8 Å². The molecule has 0 aromatic heterocycles. The van der Waals surface area contributed by atoms with E-state index in [-0.39, 0.29) is 12.4 Å². The van der Waals surface area contributed by atoms with Gasteiger partial charge in [-0.25, -0.2) is 0 Å². The van der Waals surface area contributed by atoms with Gasteiger partial charge in [0.25, 0.3) is 0 Å². The number of ether oxygens (including phenoxy) is 5. The Labute approximate surface area is 144 Å². The van der Waals surface area contributed by atoms with Crippen molar-refractivity contribution in [1.82, 2.24) is 0 Å². The smallest absolute Gasteiger partial charge is 0.303 e. The molecule has 8 nitrogen and oxygen atoms in total. The van der Waals surface area contributed by atoms with Crippen LogP contribution in [0, 0.1) is 0 Å². The van der Waals surface area contributed by atoms with E-state index < -0.39 is 5.97 Å². The number of esters is 1. The molecule has 8 heteroatoms. The zero-order valence-electron chi connectivity index (χ0n) is 15.1. The van der Waals surface area contributed by atoms with E-state index in [0.717, 1.165) is 0 Å². The summed E-state index contributed by atoms with van der Waals surface area (Å²) in [4.78, 5) is 20.3. The summed E-state index contributed by atoms with van der Waals surface area (Å²) >= 11 is 0. The highest BCUT2D eigenvalue weighted by molar-refractivity contribution is 5.66. The normalized spacial score (nSPS) is 9.96. The minimum atomic E-state index is -0.775. The predicted octanol–water partition coefficient (Wildman–Crippen LogP) is 1.51. The van der Waals surface area contributed by atoms with Crippen LogP contribution < -0.4 is 0 Å². The van der Waals surface area contributed by atoms with Crippen molar-refractivity contribution in [1.29, 1.82) is 0 Å². The summed E-state index contributed by atoms with van der Waals surface area (Å²) in [5.41, 5.74) is 0. The maximum absolute atomic E-state index is 10.3. The van der Waals surface area contributed by atoms with E-state index in [1.54, 1.807) is 0 Å². The van der Waals surface area contributed by atoms with Gasteiger partial charge >= 0.3 is 11.9 Å². The zero-order valence-corrected chi connectivity index (χ0v) is 15.1. The Hall–Kier alpha value is -1.22. The van der Waals surface area contributed by atoms with E-state index in [2.05, 4.69) is 4.74 Å².